The molecule has 2 aromatic heterocycles. The summed E-state index contributed by atoms with van der Waals surface area (Å²) in [7, 11) is -5.31. The number of anilines is 1. The Bertz CT molecular complexity index is 1020. The van der Waals surface area contributed by atoms with Gasteiger partial charge in [0.1, 0.15) is 18.8 Å². The molecule has 0 unspecified atom stereocenters. The zero-order valence-electron chi connectivity index (χ0n) is 20.9. The molecule has 33 heavy (non-hydrogen) atoms. The molecule has 182 valence electrons. The van der Waals surface area contributed by atoms with Crippen LogP contribution in [0.3, 0.4) is 0 Å². The van der Waals surface area contributed by atoms with Crippen molar-refractivity contribution >= 4 is 40.0 Å². The number of rotatable bonds is 5. The van der Waals surface area contributed by atoms with Crippen LogP contribution < -0.4 is 5.73 Å². The molecule has 1 saturated heterocycles. The molecule has 0 amide bonds. The van der Waals surface area contributed by atoms with Gasteiger partial charge in [-0.15, -0.1) is 0 Å². The zero-order valence-corrected chi connectivity index (χ0v) is 22.9. The Morgan fingerprint density at radius 3 is 2.18 bits per heavy atom. The number of ether oxygens (including phenoxy) is 1. The molecule has 0 saturated carbocycles. The van der Waals surface area contributed by atoms with Crippen LogP contribution in [-0.4, -0.2) is 55.5 Å². The van der Waals surface area contributed by atoms with E-state index < -0.39 is 17.1 Å². The fraction of sp³-hybridized carbons (Fsp3) is 0.682. The van der Waals surface area contributed by atoms with E-state index >= 15 is 0 Å². The molecule has 2 N–H and O–H groups in total. The van der Waals surface area contributed by atoms with Gasteiger partial charge in [0, 0.05) is 6.08 Å². The minimum absolute atomic E-state index is 0.253. The van der Waals surface area contributed by atoms with E-state index in [-0.39, 0.29) is 34.4 Å². The molecule has 2 aliphatic heterocycles. The van der Waals surface area contributed by atoms with Crippen LogP contribution in [-0.2, 0) is 17.7 Å². The maximum atomic E-state index is 7.22. The second-order valence-corrected chi connectivity index (χ2v) is 19.1. The fourth-order valence-electron chi connectivity index (χ4n) is 5.04. The molecular formula is C22H37N5O4Si2. The first-order chi connectivity index (χ1) is 15.5. The fourth-order valence-corrected chi connectivity index (χ4v) is 16.2. The molecule has 0 bridgehead atoms. The average molecular weight is 492 g/mol. The Hall–Kier alpha value is -1.80. The summed E-state index contributed by atoms with van der Waals surface area (Å²) < 4.78 is 29.2. The normalized spacial score (nSPS) is 24.8. The number of hydrogen-bond acceptors (Lipinski definition) is 8. The summed E-state index contributed by atoms with van der Waals surface area (Å²) in [5.74, 6) is 0.958. The van der Waals surface area contributed by atoms with Gasteiger partial charge in [-0.25, -0.2) is 15.0 Å². The highest BCUT2D eigenvalue weighted by molar-refractivity contribution is 6.84. The summed E-state index contributed by atoms with van der Waals surface area (Å²) in [6.45, 7) is 18.1. The van der Waals surface area contributed by atoms with E-state index in [1.807, 2.05) is 6.08 Å². The van der Waals surface area contributed by atoms with Gasteiger partial charge in [0.05, 0.1) is 6.61 Å². The first-order valence-electron chi connectivity index (χ1n) is 11.9. The minimum atomic E-state index is -2.70. The summed E-state index contributed by atoms with van der Waals surface area (Å²) in [4.78, 5) is 12.8. The van der Waals surface area contributed by atoms with Gasteiger partial charge in [0.2, 0.25) is 0 Å². The second-order valence-electron chi connectivity index (χ2n) is 10.3. The van der Waals surface area contributed by atoms with Crippen molar-refractivity contribution in [3.05, 3.63) is 18.7 Å². The van der Waals surface area contributed by atoms with Gasteiger partial charge in [-0.2, -0.15) is 0 Å². The lowest BCUT2D eigenvalue weighted by molar-refractivity contribution is -0.00368. The molecule has 2 atom stereocenters. The van der Waals surface area contributed by atoms with Gasteiger partial charge >= 0.3 is 17.1 Å². The van der Waals surface area contributed by atoms with Gasteiger partial charge in [0.25, 0.3) is 0 Å². The van der Waals surface area contributed by atoms with Gasteiger partial charge < -0.3 is 23.4 Å². The third-order valence-corrected chi connectivity index (χ3v) is 17.1. The molecule has 2 aliphatic rings. The van der Waals surface area contributed by atoms with Crippen molar-refractivity contribution in [1.82, 2.24) is 19.5 Å². The Morgan fingerprint density at radius 1 is 0.939 bits per heavy atom. The molecule has 4 heterocycles. The van der Waals surface area contributed by atoms with Crippen molar-refractivity contribution in [2.24, 2.45) is 0 Å². The van der Waals surface area contributed by atoms with Crippen LogP contribution in [0.2, 0.25) is 22.2 Å². The molecule has 9 nitrogen and oxygen atoms in total. The maximum Gasteiger partial charge on any atom is 0.335 e. The lowest BCUT2D eigenvalue weighted by atomic mass is 10.2. The van der Waals surface area contributed by atoms with Gasteiger partial charge in [0.15, 0.2) is 29.0 Å². The van der Waals surface area contributed by atoms with Crippen LogP contribution in [0.15, 0.2) is 18.7 Å². The van der Waals surface area contributed by atoms with Gasteiger partial charge in [-0.1, -0.05) is 55.4 Å². The lowest BCUT2D eigenvalue weighted by Crippen LogP contribution is -2.65. The first-order valence-corrected chi connectivity index (χ1v) is 15.8. The molecule has 1 fully saturated rings. The average Bonchev–Trinajstić information content (AvgIpc) is 3.32. The zero-order chi connectivity index (χ0) is 24.1. The number of nitrogen functional groups attached to an aromatic ring is 1. The van der Waals surface area contributed by atoms with E-state index in [1.54, 1.807) is 10.9 Å². The first kappa shape index (κ1) is 24.3. The molecule has 4 rings (SSSR count). The van der Waals surface area contributed by atoms with E-state index in [1.165, 1.54) is 6.33 Å². The maximum absolute atomic E-state index is 7.22. The Morgan fingerprint density at radius 2 is 1.58 bits per heavy atom. The second kappa shape index (κ2) is 8.77. The number of nitrogens with two attached hydrogens (primary N) is 1. The number of fused-ring (bicyclic) bond motifs is 2. The van der Waals surface area contributed by atoms with E-state index in [9.17, 15) is 0 Å². The quantitative estimate of drug-likeness (QED) is 0.607. The molecular weight excluding hydrogens is 454 g/mol. The lowest BCUT2D eigenvalue weighted by Gasteiger charge is -2.51. The molecule has 0 radical (unpaired) electrons. The third-order valence-electron chi connectivity index (χ3n) is 6.88. The van der Waals surface area contributed by atoms with Crippen molar-refractivity contribution in [3.8, 4) is 0 Å². The molecule has 0 aromatic carbocycles. The minimum Gasteiger partial charge on any atom is -0.470 e. The highest BCUT2D eigenvalue weighted by Crippen LogP contribution is 2.47. The smallest absolute Gasteiger partial charge is 0.335 e. The highest BCUT2D eigenvalue weighted by atomic mass is 28.5. The van der Waals surface area contributed by atoms with Crippen LogP contribution in [0.1, 0.15) is 55.4 Å². The summed E-state index contributed by atoms with van der Waals surface area (Å²) in [6.07, 6.45) is 4.55. The number of aromatic nitrogens is 4. The third kappa shape index (κ3) is 3.93. The Kier molecular flexibility index (Phi) is 6.46. The Labute approximate surface area is 198 Å². The van der Waals surface area contributed by atoms with Crippen LogP contribution in [0.25, 0.3) is 17.0 Å². The predicted molar refractivity (Wildman–Crippen MR) is 133 cm³/mol. The Balaban J connectivity index is 1.77. The van der Waals surface area contributed by atoms with Crippen LogP contribution in [0, 0.1) is 0 Å². The van der Waals surface area contributed by atoms with Crippen LogP contribution >= 0.6 is 0 Å². The van der Waals surface area contributed by atoms with Gasteiger partial charge in [-0.05, 0) is 22.2 Å². The van der Waals surface area contributed by atoms with Crippen molar-refractivity contribution in [2.75, 3.05) is 12.3 Å². The predicted octanol–water partition coefficient (Wildman–Crippen LogP) is 4.56. The number of imidazole rings is 1. The van der Waals surface area contributed by atoms with Crippen LogP contribution in [0.4, 0.5) is 5.82 Å². The van der Waals surface area contributed by atoms with Crippen LogP contribution in [0.5, 0.6) is 0 Å². The molecule has 0 aliphatic carbocycles. The summed E-state index contributed by atoms with van der Waals surface area (Å²) in [5, 5.41) is 0. The van der Waals surface area contributed by atoms with Gasteiger partial charge in [-0.3, -0.25) is 4.57 Å². The van der Waals surface area contributed by atoms with E-state index in [2.05, 4.69) is 70.3 Å². The standard InChI is InChI=1S/C22H37N5O4Si2/c1-13(2)32(14(3)4)28-10-18-17(30-33(31-32,15(5)6)16(7)8)9-19(29-18)27-12-26-20-21(23)24-11-25-22(20)27/h9,11-18H,10H2,1-8H3,(H2,23,24,25)/t17-,18+/m0/s1. The largest absolute Gasteiger partial charge is 0.470 e. The van der Waals surface area contributed by atoms with Crippen molar-refractivity contribution in [3.63, 3.8) is 0 Å². The number of hydrogen-bond donors (Lipinski definition) is 1. The molecule has 11 heteroatoms. The topological polar surface area (TPSA) is 107 Å². The monoisotopic (exact) mass is 491 g/mol. The summed E-state index contributed by atoms with van der Waals surface area (Å²) >= 11 is 0. The van der Waals surface area contributed by atoms with Crippen molar-refractivity contribution in [1.29, 1.82) is 0 Å². The highest BCUT2D eigenvalue weighted by Gasteiger charge is 2.59. The van der Waals surface area contributed by atoms with E-state index in [4.69, 9.17) is 23.4 Å². The van der Waals surface area contributed by atoms with Crippen molar-refractivity contribution < 1.29 is 17.7 Å². The van der Waals surface area contributed by atoms with E-state index in [0.717, 1.165) is 0 Å². The summed E-state index contributed by atoms with van der Waals surface area (Å²) in [6, 6.07) is 0. The molecule has 2 aromatic rings. The molecule has 0 spiro atoms. The SMILES string of the molecule is CC(C)[Si]1(C(C)C)OC[C@H]2OC(n3cnc4c(N)ncnc43)=C[C@@H]2O[Si](C(C)C)(C(C)C)O1. The van der Waals surface area contributed by atoms with Crippen molar-refractivity contribution in [2.45, 2.75) is 89.8 Å². The summed E-state index contributed by atoms with van der Waals surface area (Å²) in [5.41, 5.74) is 8.20. The van der Waals surface area contributed by atoms with E-state index in [0.29, 0.717) is 29.5 Å². The number of nitrogens with zero attached hydrogens (tertiary/aromatic N) is 4.